The predicted octanol–water partition coefficient (Wildman–Crippen LogP) is 3.04. The standard InChI is InChI=1S/C15H21NO3S/c1-15(2,3)19-14(18)16-10-12(17)8-11-6-5-7-13(9-11)20-4/h5-7,9H,8,10H2,1-4H3,(H,16,18). The molecule has 0 heterocycles. The SMILES string of the molecule is CSc1cccc(CC(=O)CNC(=O)OC(C)(C)C)c1. The molecule has 0 aliphatic rings. The van der Waals surface area contributed by atoms with E-state index < -0.39 is 11.7 Å². The number of thioether (sulfide) groups is 1. The lowest BCUT2D eigenvalue weighted by Crippen LogP contribution is -2.35. The van der Waals surface area contributed by atoms with Crippen LogP contribution in [0, 0.1) is 0 Å². The number of carbonyl (C=O) groups excluding carboxylic acids is 2. The van der Waals surface area contributed by atoms with E-state index in [4.69, 9.17) is 4.74 Å². The number of Topliss-reactive ketones (excluding diaryl/α,β-unsaturated/α-hetero) is 1. The first-order valence-corrected chi connectivity index (χ1v) is 7.64. The molecule has 0 bridgehead atoms. The largest absolute Gasteiger partial charge is 0.444 e. The normalized spacial score (nSPS) is 11.0. The molecule has 20 heavy (non-hydrogen) atoms. The van der Waals surface area contributed by atoms with Crippen molar-refractivity contribution in [2.45, 2.75) is 37.7 Å². The van der Waals surface area contributed by atoms with Crippen molar-refractivity contribution in [3.63, 3.8) is 0 Å². The van der Waals surface area contributed by atoms with E-state index in [0.29, 0.717) is 6.42 Å². The Hall–Kier alpha value is -1.49. The quantitative estimate of drug-likeness (QED) is 0.848. The lowest BCUT2D eigenvalue weighted by Gasteiger charge is -2.19. The van der Waals surface area contributed by atoms with Crippen molar-refractivity contribution < 1.29 is 14.3 Å². The molecule has 1 rings (SSSR count). The molecule has 0 saturated carbocycles. The number of hydrogen-bond acceptors (Lipinski definition) is 4. The van der Waals surface area contributed by atoms with E-state index >= 15 is 0 Å². The summed E-state index contributed by atoms with van der Waals surface area (Å²) >= 11 is 1.63. The predicted molar refractivity (Wildman–Crippen MR) is 81.2 cm³/mol. The fourth-order valence-electron chi connectivity index (χ4n) is 1.56. The van der Waals surface area contributed by atoms with Crippen LogP contribution in [0.3, 0.4) is 0 Å². The summed E-state index contributed by atoms with van der Waals surface area (Å²) < 4.78 is 5.07. The van der Waals surface area contributed by atoms with Gasteiger partial charge in [0.05, 0.1) is 6.54 Å². The zero-order chi connectivity index (χ0) is 15.2. The Morgan fingerprint density at radius 1 is 1.30 bits per heavy atom. The number of carbonyl (C=O) groups is 2. The summed E-state index contributed by atoms with van der Waals surface area (Å²) in [6.07, 6.45) is 1.73. The summed E-state index contributed by atoms with van der Waals surface area (Å²) in [5, 5.41) is 2.47. The van der Waals surface area contributed by atoms with Crippen LogP contribution in [-0.2, 0) is 16.0 Å². The zero-order valence-electron chi connectivity index (χ0n) is 12.4. The number of ether oxygens (including phenoxy) is 1. The zero-order valence-corrected chi connectivity index (χ0v) is 13.2. The Balaban J connectivity index is 2.42. The fraction of sp³-hybridized carbons (Fsp3) is 0.467. The van der Waals surface area contributed by atoms with Gasteiger partial charge in [-0.05, 0) is 44.7 Å². The minimum absolute atomic E-state index is 0.0155. The molecule has 0 aliphatic heterocycles. The van der Waals surface area contributed by atoms with Crippen LogP contribution in [0.25, 0.3) is 0 Å². The van der Waals surface area contributed by atoms with E-state index in [1.165, 1.54) is 0 Å². The first kappa shape index (κ1) is 16.6. The molecular formula is C15H21NO3S. The van der Waals surface area contributed by atoms with Gasteiger partial charge >= 0.3 is 6.09 Å². The smallest absolute Gasteiger partial charge is 0.408 e. The second-order valence-corrected chi connectivity index (χ2v) is 6.30. The second-order valence-electron chi connectivity index (χ2n) is 5.42. The number of nitrogens with one attached hydrogen (secondary N) is 1. The molecule has 1 N–H and O–H groups in total. The van der Waals surface area contributed by atoms with Crippen molar-refractivity contribution in [3.05, 3.63) is 29.8 Å². The van der Waals surface area contributed by atoms with Gasteiger partial charge < -0.3 is 10.1 Å². The minimum Gasteiger partial charge on any atom is -0.444 e. The first-order valence-electron chi connectivity index (χ1n) is 6.41. The summed E-state index contributed by atoms with van der Waals surface area (Å²) in [6, 6.07) is 7.81. The molecule has 0 aliphatic carbocycles. The number of benzene rings is 1. The van der Waals surface area contributed by atoms with Crippen molar-refractivity contribution >= 4 is 23.6 Å². The number of rotatable bonds is 5. The lowest BCUT2D eigenvalue weighted by atomic mass is 10.1. The van der Waals surface area contributed by atoms with Gasteiger partial charge in [0.25, 0.3) is 0 Å². The van der Waals surface area contributed by atoms with Crippen LogP contribution >= 0.6 is 11.8 Å². The summed E-state index contributed by atoms with van der Waals surface area (Å²) in [6.45, 7) is 5.32. The van der Waals surface area contributed by atoms with Gasteiger partial charge in [0.15, 0.2) is 5.78 Å². The highest BCUT2D eigenvalue weighted by molar-refractivity contribution is 7.98. The fourth-order valence-corrected chi connectivity index (χ4v) is 2.04. The topological polar surface area (TPSA) is 55.4 Å². The number of amides is 1. The molecule has 4 nitrogen and oxygen atoms in total. The highest BCUT2D eigenvalue weighted by Crippen LogP contribution is 2.16. The Labute approximate surface area is 124 Å². The molecule has 0 atom stereocenters. The third kappa shape index (κ3) is 6.61. The monoisotopic (exact) mass is 295 g/mol. The molecule has 110 valence electrons. The van der Waals surface area contributed by atoms with Crippen molar-refractivity contribution in [1.82, 2.24) is 5.32 Å². The Morgan fingerprint density at radius 2 is 2.00 bits per heavy atom. The molecule has 0 fully saturated rings. The van der Waals surface area contributed by atoms with Gasteiger partial charge in [-0.2, -0.15) is 0 Å². The van der Waals surface area contributed by atoms with Gasteiger partial charge in [0.1, 0.15) is 5.60 Å². The number of ketones is 1. The van der Waals surface area contributed by atoms with Crippen molar-refractivity contribution in [1.29, 1.82) is 0 Å². The van der Waals surface area contributed by atoms with E-state index in [0.717, 1.165) is 10.5 Å². The van der Waals surface area contributed by atoms with Crippen LogP contribution in [0.1, 0.15) is 26.3 Å². The van der Waals surface area contributed by atoms with Gasteiger partial charge in [0, 0.05) is 11.3 Å². The van der Waals surface area contributed by atoms with Gasteiger partial charge in [0.2, 0.25) is 0 Å². The van der Waals surface area contributed by atoms with Gasteiger partial charge in [-0.25, -0.2) is 4.79 Å². The van der Waals surface area contributed by atoms with E-state index in [2.05, 4.69) is 5.32 Å². The van der Waals surface area contributed by atoms with Crippen LogP contribution in [0.2, 0.25) is 0 Å². The Kier molecular flexibility index (Phi) is 6.07. The maximum atomic E-state index is 11.8. The van der Waals surface area contributed by atoms with E-state index in [9.17, 15) is 9.59 Å². The number of hydrogen-bond donors (Lipinski definition) is 1. The molecule has 0 aromatic heterocycles. The van der Waals surface area contributed by atoms with Crippen molar-refractivity contribution in [2.24, 2.45) is 0 Å². The molecule has 0 spiro atoms. The van der Waals surface area contributed by atoms with Crippen LogP contribution in [0.4, 0.5) is 4.79 Å². The maximum absolute atomic E-state index is 11.8. The molecular weight excluding hydrogens is 274 g/mol. The second kappa shape index (κ2) is 7.33. The van der Waals surface area contributed by atoms with Gasteiger partial charge in [-0.3, -0.25) is 4.79 Å². The van der Waals surface area contributed by atoms with Crippen molar-refractivity contribution in [2.75, 3.05) is 12.8 Å². The van der Waals surface area contributed by atoms with E-state index in [1.807, 2.05) is 30.5 Å². The molecule has 1 amide bonds. The average Bonchev–Trinajstić information content (AvgIpc) is 2.34. The highest BCUT2D eigenvalue weighted by Gasteiger charge is 2.16. The summed E-state index contributed by atoms with van der Waals surface area (Å²) in [4.78, 5) is 24.4. The Bertz CT molecular complexity index is 480. The molecule has 1 aromatic carbocycles. The first-order chi connectivity index (χ1) is 9.30. The lowest BCUT2D eigenvalue weighted by molar-refractivity contribution is -0.117. The molecule has 0 radical (unpaired) electrons. The third-order valence-corrected chi connectivity index (χ3v) is 3.09. The van der Waals surface area contributed by atoms with E-state index in [-0.39, 0.29) is 12.3 Å². The molecule has 5 heteroatoms. The Morgan fingerprint density at radius 3 is 2.60 bits per heavy atom. The molecule has 0 saturated heterocycles. The molecule has 0 unspecified atom stereocenters. The van der Waals surface area contributed by atoms with Crippen LogP contribution in [-0.4, -0.2) is 30.3 Å². The summed E-state index contributed by atoms with van der Waals surface area (Å²) in [5.74, 6) is -0.0471. The van der Waals surface area contributed by atoms with E-state index in [1.54, 1.807) is 32.5 Å². The highest BCUT2D eigenvalue weighted by atomic mass is 32.2. The number of alkyl carbamates (subject to hydrolysis) is 1. The average molecular weight is 295 g/mol. The molecule has 1 aromatic rings. The van der Waals surface area contributed by atoms with Crippen molar-refractivity contribution in [3.8, 4) is 0 Å². The minimum atomic E-state index is -0.566. The maximum Gasteiger partial charge on any atom is 0.408 e. The van der Waals surface area contributed by atoms with Crippen LogP contribution in [0.5, 0.6) is 0 Å². The summed E-state index contributed by atoms with van der Waals surface area (Å²) in [7, 11) is 0. The summed E-state index contributed by atoms with van der Waals surface area (Å²) in [5.41, 5.74) is 0.396. The van der Waals surface area contributed by atoms with Crippen LogP contribution < -0.4 is 5.32 Å². The third-order valence-electron chi connectivity index (χ3n) is 2.36. The van der Waals surface area contributed by atoms with Gasteiger partial charge in [-0.1, -0.05) is 12.1 Å². The van der Waals surface area contributed by atoms with Gasteiger partial charge in [-0.15, -0.1) is 11.8 Å². The van der Waals surface area contributed by atoms with Crippen LogP contribution in [0.15, 0.2) is 29.2 Å².